The van der Waals surface area contributed by atoms with E-state index in [0.29, 0.717) is 4.88 Å². The Hall–Kier alpha value is -2.16. The second kappa shape index (κ2) is 7.81. The minimum absolute atomic E-state index is 0.117. The molecular weight excluding hydrogens is 389 g/mol. The zero-order valence-corrected chi connectivity index (χ0v) is 15.5. The lowest BCUT2D eigenvalue weighted by Gasteiger charge is -2.16. The molecule has 1 heterocycles. The van der Waals surface area contributed by atoms with E-state index in [9.17, 15) is 19.7 Å². The molecule has 0 aliphatic rings. The van der Waals surface area contributed by atoms with Crippen molar-refractivity contribution >= 4 is 57.7 Å². The number of hydrogen-bond acceptors (Lipinski definition) is 5. The Kier molecular flexibility index (Phi) is 5.99. The number of nitrogens with zero attached hydrogens (tertiary/aromatic N) is 2. The summed E-state index contributed by atoms with van der Waals surface area (Å²) in [4.78, 5) is 36.6. The lowest BCUT2D eigenvalue weighted by Crippen LogP contribution is -2.34. The molecule has 0 fully saturated rings. The number of carbonyl (C=O) groups excluding carboxylic acids is 2. The molecule has 1 aromatic heterocycles. The van der Waals surface area contributed by atoms with Crippen LogP contribution in [0.5, 0.6) is 0 Å². The van der Waals surface area contributed by atoms with Crippen molar-refractivity contribution < 1.29 is 14.5 Å². The molecule has 10 heteroatoms. The van der Waals surface area contributed by atoms with Crippen molar-refractivity contribution in [1.82, 2.24) is 4.90 Å². The van der Waals surface area contributed by atoms with Gasteiger partial charge < -0.3 is 10.2 Å². The summed E-state index contributed by atoms with van der Waals surface area (Å²) in [5.74, 6) is -0.977. The standard InChI is InChI=1S/C15H13Cl2N3O4S/c1-8-11(20(23)24)6-12(25-8)15(22)19(2)7-13(21)18-14-9(16)4-3-5-10(14)17/h3-6H,7H2,1-2H3,(H,18,21). The minimum Gasteiger partial charge on any atom is -0.332 e. The number of hydrogen-bond donors (Lipinski definition) is 1. The highest BCUT2D eigenvalue weighted by molar-refractivity contribution is 7.14. The van der Waals surface area contributed by atoms with Crippen LogP contribution in [0.1, 0.15) is 14.5 Å². The number of para-hydroxylation sites is 1. The lowest BCUT2D eigenvalue weighted by molar-refractivity contribution is -0.385. The Balaban J connectivity index is 2.07. The van der Waals surface area contributed by atoms with Crippen molar-refractivity contribution in [3.8, 4) is 0 Å². The third-order valence-electron chi connectivity index (χ3n) is 3.25. The van der Waals surface area contributed by atoms with Crippen molar-refractivity contribution in [1.29, 1.82) is 0 Å². The molecule has 25 heavy (non-hydrogen) atoms. The van der Waals surface area contributed by atoms with E-state index < -0.39 is 16.7 Å². The van der Waals surface area contributed by atoms with Gasteiger partial charge in [-0.25, -0.2) is 0 Å². The highest BCUT2D eigenvalue weighted by Gasteiger charge is 2.23. The highest BCUT2D eigenvalue weighted by Crippen LogP contribution is 2.30. The highest BCUT2D eigenvalue weighted by atomic mass is 35.5. The number of carbonyl (C=O) groups is 2. The Morgan fingerprint density at radius 1 is 1.32 bits per heavy atom. The van der Waals surface area contributed by atoms with Crippen LogP contribution in [0.3, 0.4) is 0 Å². The number of nitro groups is 1. The Labute approximate surface area is 157 Å². The van der Waals surface area contributed by atoms with Gasteiger partial charge in [-0.3, -0.25) is 19.7 Å². The first-order chi connectivity index (χ1) is 11.7. The number of likely N-dealkylation sites (N-methyl/N-ethyl adjacent to an activating group) is 1. The fourth-order valence-corrected chi connectivity index (χ4v) is 3.50. The van der Waals surface area contributed by atoms with Gasteiger partial charge in [-0.1, -0.05) is 29.3 Å². The van der Waals surface area contributed by atoms with Gasteiger partial charge in [0.2, 0.25) is 5.91 Å². The summed E-state index contributed by atoms with van der Waals surface area (Å²) < 4.78 is 0. The van der Waals surface area contributed by atoms with Gasteiger partial charge in [-0.15, -0.1) is 11.3 Å². The lowest BCUT2D eigenvalue weighted by atomic mass is 10.3. The maximum Gasteiger partial charge on any atom is 0.283 e. The van der Waals surface area contributed by atoms with Gasteiger partial charge in [0.05, 0.1) is 37.0 Å². The number of benzene rings is 1. The molecule has 2 rings (SSSR count). The van der Waals surface area contributed by atoms with Crippen LogP contribution >= 0.6 is 34.5 Å². The van der Waals surface area contributed by atoms with Crippen molar-refractivity contribution in [2.24, 2.45) is 0 Å². The summed E-state index contributed by atoms with van der Waals surface area (Å²) in [6, 6.07) is 6.00. The molecule has 0 aliphatic heterocycles. The van der Waals surface area contributed by atoms with Crippen LogP contribution in [-0.4, -0.2) is 35.2 Å². The molecule has 0 saturated carbocycles. The molecule has 0 atom stereocenters. The van der Waals surface area contributed by atoms with Crippen molar-refractivity contribution in [2.45, 2.75) is 6.92 Å². The molecule has 1 N–H and O–H groups in total. The maximum absolute atomic E-state index is 12.3. The van der Waals surface area contributed by atoms with E-state index in [1.54, 1.807) is 25.1 Å². The molecule has 0 bridgehead atoms. The summed E-state index contributed by atoms with van der Waals surface area (Å²) in [6.07, 6.45) is 0. The van der Waals surface area contributed by atoms with Crippen LogP contribution in [0.4, 0.5) is 11.4 Å². The number of aryl methyl sites for hydroxylation is 1. The topological polar surface area (TPSA) is 92.6 Å². The van der Waals surface area contributed by atoms with Crippen LogP contribution in [0.2, 0.25) is 10.0 Å². The Bertz CT molecular complexity index is 833. The minimum atomic E-state index is -0.547. The molecule has 2 amide bonds. The van der Waals surface area contributed by atoms with Gasteiger partial charge in [-0.2, -0.15) is 0 Å². The van der Waals surface area contributed by atoms with Crippen molar-refractivity contribution in [2.75, 3.05) is 18.9 Å². The van der Waals surface area contributed by atoms with Gasteiger partial charge >= 0.3 is 0 Å². The molecule has 0 aliphatic carbocycles. The van der Waals surface area contributed by atoms with E-state index in [4.69, 9.17) is 23.2 Å². The average Bonchev–Trinajstić information content (AvgIpc) is 2.92. The predicted molar refractivity (Wildman–Crippen MR) is 97.8 cm³/mol. The maximum atomic E-state index is 12.3. The zero-order chi connectivity index (χ0) is 18.7. The third-order valence-corrected chi connectivity index (χ3v) is 4.91. The molecule has 2 aromatic rings. The first-order valence-electron chi connectivity index (χ1n) is 6.95. The molecule has 0 radical (unpaired) electrons. The molecule has 0 spiro atoms. The largest absolute Gasteiger partial charge is 0.332 e. The number of halogens is 2. The van der Waals surface area contributed by atoms with Crippen molar-refractivity contribution in [3.63, 3.8) is 0 Å². The van der Waals surface area contributed by atoms with Gasteiger partial charge in [0.15, 0.2) is 0 Å². The van der Waals surface area contributed by atoms with E-state index in [-0.39, 0.29) is 32.8 Å². The smallest absolute Gasteiger partial charge is 0.283 e. The summed E-state index contributed by atoms with van der Waals surface area (Å²) in [6.45, 7) is 1.30. The zero-order valence-electron chi connectivity index (χ0n) is 13.2. The number of rotatable bonds is 5. The van der Waals surface area contributed by atoms with Gasteiger partial charge in [0.25, 0.3) is 11.6 Å². The van der Waals surface area contributed by atoms with Crippen LogP contribution < -0.4 is 5.32 Å². The van der Waals surface area contributed by atoms with Crippen molar-refractivity contribution in [3.05, 3.63) is 54.2 Å². The molecule has 0 unspecified atom stereocenters. The van der Waals surface area contributed by atoms with Crippen LogP contribution in [0.15, 0.2) is 24.3 Å². The molecule has 1 aromatic carbocycles. The molecule has 0 saturated heterocycles. The van der Waals surface area contributed by atoms with Gasteiger partial charge in [-0.05, 0) is 19.1 Å². The van der Waals surface area contributed by atoms with Crippen LogP contribution in [-0.2, 0) is 4.79 Å². The summed E-state index contributed by atoms with van der Waals surface area (Å²) in [5.41, 5.74) is 0.147. The Morgan fingerprint density at radius 3 is 2.44 bits per heavy atom. The first-order valence-corrected chi connectivity index (χ1v) is 8.52. The molecule has 7 nitrogen and oxygen atoms in total. The normalized spacial score (nSPS) is 10.4. The van der Waals surface area contributed by atoms with Gasteiger partial charge in [0.1, 0.15) is 0 Å². The fraction of sp³-hybridized carbons (Fsp3) is 0.200. The second-order valence-electron chi connectivity index (χ2n) is 5.12. The van der Waals surface area contributed by atoms with E-state index in [0.717, 1.165) is 16.2 Å². The SMILES string of the molecule is Cc1sc(C(=O)N(C)CC(=O)Nc2c(Cl)cccc2Cl)cc1[N+](=O)[O-]. The summed E-state index contributed by atoms with van der Waals surface area (Å²) >= 11 is 13.0. The molecular formula is C15H13Cl2N3O4S. The van der Waals surface area contributed by atoms with Crippen LogP contribution in [0.25, 0.3) is 0 Å². The molecule has 132 valence electrons. The monoisotopic (exact) mass is 401 g/mol. The first kappa shape index (κ1) is 19.2. The van der Waals surface area contributed by atoms with Gasteiger partial charge in [0, 0.05) is 13.1 Å². The fourth-order valence-electron chi connectivity index (χ4n) is 2.03. The van der Waals surface area contributed by atoms with E-state index in [1.807, 2.05) is 0 Å². The number of amides is 2. The average molecular weight is 402 g/mol. The quantitative estimate of drug-likeness (QED) is 0.605. The number of thiophene rings is 1. The third kappa shape index (κ3) is 4.47. The van der Waals surface area contributed by atoms with E-state index >= 15 is 0 Å². The van der Waals surface area contributed by atoms with Crippen LogP contribution in [0, 0.1) is 17.0 Å². The second-order valence-corrected chi connectivity index (χ2v) is 7.19. The predicted octanol–water partition coefficient (Wildman–Crippen LogP) is 3.98. The van der Waals surface area contributed by atoms with E-state index in [1.165, 1.54) is 13.1 Å². The summed E-state index contributed by atoms with van der Waals surface area (Å²) in [5, 5.41) is 14.0. The Morgan fingerprint density at radius 2 is 1.92 bits per heavy atom. The number of nitrogens with one attached hydrogen (secondary N) is 1. The number of anilines is 1. The summed E-state index contributed by atoms with van der Waals surface area (Å²) in [7, 11) is 1.43. The van der Waals surface area contributed by atoms with E-state index in [2.05, 4.69) is 5.32 Å².